The summed E-state index contributed by atoms with van der Waals surface area (Å²) in [7, 11) is 1.60. The number of aryl methyl sites for hydroxylation is 2. The fraction of sp³-hybridized carbons (Fsp3) is 0.300. The summed E-state index contributed by atoms with van der Waals surface area (Å²) >= 11 is 0. The number of carbonyl (C=O) groups excluding carboxylic acids is 1. The summed E-state index contributed by atoms with van der Waals surface area (Å²) in [5.74, 6) is 1.05. The summed E-state index contributed by atoms with van der Waals surface area (Å²) < 4.78 is 10.5. The maximum absolute atomic E-state index is 11.9. The van der Waals surface area contributed by atoms with Gasteiger partial charge in [0.15, 0.2) is 6.61 Å². The molecule has 130 valence electrons. The van der Waals surface area contributed by atoms with Crippen LogP contribution in [0.15, 0.2) is 47.6 Å². The van der Waals surface area contributed by atoms with Gasteiger partial charge >= 0.3 is 0 Å². The van der Waals surface area contributed by atoms with Crippen molar-refractivity contribution in [1.29, 1.82) is 0 Å². The molecular formula is C20H22N2O3. The number of ether oxygens (including phenoxy) is 2. The number of fused-ring (bicyclic) bond motifs is 1. The van der Waals surface area contributed by atoms with E-state index in [9.17, 15) is 4.79 Å². The number of nitrogens with one attached hydrogen (secondary N) is 1. The number of hydrogen-bond acceptors (Lipinski definition) is 4. The zero-order valence-electron chi connectivity index (χ0n) is 14.5. The topological polar surface area (TPSA) is 59.9 Å². The molecule has 0 aliphatic heterocycles. The van der Waals surface area contributed by atoms with Crippen molar-refractivity contribution < 1.29 is 14.3 Å². The first kappa shape index (κ1) is 17.0. The molecule has 1 aliphatic rings. The van der Waals surface area contributed by atoms with E-state index in [-0.39, 0.29) is 12.5 Å². The van der Waals surface area contributed by atoms with Crippen molar-refractivity contribution in [2.24, 2.45) is 5.10 Å². The zero-order valence-corrected chi connectivity index (χ0v) is 14.5. The van der Waals surface area contributed by atoms with Gasteiger partial charge in [-0.2, -0.15) is 5.10 Å². The van der Waals surface area contributed by atoms with Gasteiger partial charge in [-0.1, -0.05) is 12.1 Å². The van der Waals surface area contributed by atoms with Gasteiger partial charge in [0.05, 0.1) is 12.8 Å². The van der Waals surface area contributed by atoms with Gasteiger partial charge in [-0.25, -0.2) is 5.43 Å². The molecule has 0 spiro atoms. The van der Waals surface area contributed by atoms with E-state index in [1.807, 2.05) is 6.92 Å². The molecule has 0 radical (unpaired) electrons. The van der Waals surface area contributed by atoms with Crippen LogP contribution < -0.4 is 14.9 Å². The molecule has 25 heavy (non-hydrogen) atoms. The predicted octanol–water partition coefficient (Wildman–Crippen LogP) is 3.10. The summed E-state index contributed by atoms with van der Waals surface area (Å²) in [5, 5.41) is 4.18. The highest BCUT2D eigenvalue weighted by Gasteiger charge is 2.11. The maximum atomic E-state index is 11.9. The van der Waals surface area contributed by atoms with Crippen molar-refractivity contribution in [3.05, 3.63) is 59.2 Å². The minimum absolute atomic E-state index is 0.0900. The number of rotatable bonds is 6. The molecule has 5 nitrogen and oxygen atoms in total. The molecule has 0 fully saturated rings. The van der Waals surface area contributed by atoms with E-state index in [0.29, 0.717) is 5.75 Å². The Hall–Kier alpha value is -2.82. The highest BCUT2D eigenvalue weighted by atomic mass is 16.5. The molecule has 1 aliphatic carbocycles. The third-order valence-corrected chi connectivity index (χ3v) is 4.29. The second-order valence-electron chi connectivity index (χ2n) is 6.03. The Bertz CT molecular complexity index is 782. The van der Waals surface area contributed by atoms with Crippen LogP contribution in [0.5, 0.6) is 11.5 Å². The number of hydrogen-bond donors (Lipinski definition) is 1. The molecule has 0 bridgehead atoms. The Labute approximate surface area is 147 Å². The second kappa shape index (κ2) is 7.83. The van der Waals surface area contributed by atoms with Crippen LogP contribution in [0.2, 0.25) is 0 Å². The molecular weight excluding hydrogens is 316 g/mol. The minimum atomic E-state index is -0.295. The third kappa shape index (κ3) is 4.38. The first-order valence-electron chi connectivity index (χ1n) is 8.38. The summed E-state index contributed by atoms with van der Waals surface area (Å²) in [6.45, 7) is 1.80. The summed E-state index contributed by atoms with van der Waals surface area (Å²) in [5.41, 5.74) is 7.18. The van der Waals surface area contributed by atoms with Gasteiger partial charge in [0.25, 0.3) is 5.91 Å². The highest BCUT2D eigenvalue weighted by molar-refractivity contribution is 5.99. The molecule has 1 amide bonds. The largest absolute Gasteiger partial charge is 0.497 e. The van der Waals surface area contributed by atoms with Gasteiger partial charge in [-0.3, -0.25) is 4.79 Å². The van der Waals surface area contributed by atoms with Crippen molar-refractivity contribution in [3.63, 3.8) is 0 Å². The lowest BCUT2D eigenvalue weighted by Crippen LogP contribution is -2.25. The van der Waals surface area contributed by atoms with Gasteiger partial charge in [0, 0.05) is 0 Å². The Balaban J connectivity index is 1.52. The van der Waals surface area contributed by atoms with Crippen LogP contribution in [0.1, 0.15) is 30.0 Å². The van der Waals surface area contributed by atoms with Crippen LogP contribution in [0, 0.1) is 0 Å². The van der Waals surface area contributed by atoms with Crippen molar-refractivity contribution in [2.75, 3.05) is 13.7 Å². The van der Waals surface area contributed by atoms with Crippen LogP contribution in [-0.2, 0) is 17.6 Å². The molecule has 0 saturated carbocycles. The molecule has 0 saturated heterocycles. The summed E-state index contributed by atoms with van der Waals surface area (Å²) in [6.07, 6.45) is 3.50. The smallest absolute Gasteiger partial charge is 0.277 e. The standard InChI is InChI=1S/C20H22N2O3/c1-14(16-7-6-15-4-3-5-17(15)12-16)21-22-20(23)13-25-19-10-8-18(24-2)9-11-19/h6-12H,3-5,13H2,1-2H3,(H,22,23)/b21-14-. The van der Waals surface area contributed by atoms with E-state index in [1.54, 1.807) is 31.4 Å². The first-order chi connectivity index (χ1) is 12.2. The Kier molecular flexibility index (Phi) is 5.33. The summed E-state index contributed by atoms with van der Waals surface area (Å²) in [4.78, 5) is 11.9. The lowest BCUT2D eigenvalue weighted by molar-refractivity contribution is -0.123. The van der Waals surface area contributed by atoms with Crippen molar-refractivity contribution in [1.82, 2.24) is 5.43 Å². The Morgan fingerprint density at radius 1 is 1.08 bits per heavy atom. The Morgan fingerprint density at radius 3 is 2.56 bits per heavy atom. The third-order valence-electron chi connectivity index (χ3n) is 4.29. The highest BCUT2D eigenvalue weighted by Crippen LogP contribution is 2.23. The lowest BCUT2D eigenvalue weighted by Gasteiger charge is -2.07. The van der Waals surface area contributed by atoms with Gasteiger partial charge in [-0.05, 0) is 73.2 Å². The monoisotopic (exact) mass is 338 g/mol. The first-order valence-corrected chi connectivity index (χ1v) is 8.38. The van der Waals surface area contributed by atoms with Crippen LogP contribution in [-0.4, -0.2) is 25.3 Å². The molecule has 5 heteroatoms. The number of amides is 1. The normalized spacial score (nSPS) is 13.3. The second-order valence-corrected chi connectivity index (χ2v) is 6.03. The van der Waals surface area contributed by atoms with E-state index < -0.39 is 0 Å². The van der Waals surface area contributed by atoms with E-state index in [0.717, 1.165) is 29.9 Å². The van der Waals surface area contributed by atoms with E-state index in [1.165, 1.54) is 17.5 Å². The van der Waals surface area contributed by atoms with Crippen LogP contribution in [0.4, 0.5) is 0 Å². The molecule has 0 atom stereocenters. The fourth-order valence-corrected chi connectivity index (χ4v) is 2.86. The molecule has 0 heterocycles. The van der Waals surface area contributed by atoms with Crippen molar-refractivity contribution in [3.8, 4) is 11.5 Å². The molecule has 2 aromatic rings. The van der Waals surface area contributed by atoms with Gasteiger partial charge in [-0.15, -0.1) is 0 Å². The van der Waals surface area contributed by atoms with Gasteiger partial charge in [0.2, 0.25) is 0 Å². The van der Waals surface area contributed by atoms with Gasteiger partial charge < -0.3 is 9.47 Å². The SMILES string of the molecule is COc1ccc(OCC(=O)N/N=C(/C)c2ccc3c(c2)CCC3)cc1. The fourth-order valence-electron chi connectivity index (χ4n) is 2.86. The minimum Gasteiger partial charge on any atom is -0.497 e. The number of nitrogens with zero attached hydrogens (tertiary/aromatic N) is 1. The van der Waals surface area contributed by atoms with E-state index in [2.05, 4.69) is 28.7 Å². The molecule has 1 N–H and O–H groups in total. The lowest BCUT2D eigenvalue weighted by atomic mass is 10.0. The molecule has 0 unspecified atom stereocenters. The quantitative estimate of drug-likeness (QED) is 0.650. The predicted molar refractivity (Wildman–Crippen MR) is 97.3 cm³/mol. The average Bonchev–Trinajstić information content (AvgIpc) is 3.12. The number of hydrazone groups is 1. The van der Waals surface area contributed by atoms with Crippen molar-refractivity contribution >= 4 is 11.6 Å². The van der Waals surface area contributed by atoms with Crippen LogP contribution in [0.25, 0.3) is 0 Å². The number of benzene rings is 2. The maximum Gasteiger partial charge on any atom is 0.277 e. The van der Waals surface area contributed by atoms with Gasteiger partial charge in [0.1, 0.15) is 11.5 Å². The average molecular weight is 338 g/mol. The van der Waals surface area contributed by atoms with Crippen LogP contribution in [0.3, 0.4) is 0 Å². The number of methoxy groups -OCH3 is 1. The van der Waals surface area contributed by atoms with E-state index in [4.69, 9.17) is 9.47 Å². The van der Waals surface area contributed by atoms with Crippen molar-refractivity contribution in [2.45, 2.75) is 26.2 Å². The van der Waals surface area contributed by atoms with E-state index >= 15 is 0 Å². The Morgan fingerprint density at radius 2 is 1.80 bits per heavy atom. The zero-order chi connectivity index (χ0) is 17.6. The molecule has 3 rings (SSSR count). The summed E-state index contributed by atoms with van der Waals surface area (Å²) in [6, 6.07) is 13.5. The van der Waals surface area contributed by atoms with Crippen LogP contribution >= 0.6 is 0 Å². The number of carbonyl (C=O) groups is 1. The molecule has 2 aromatic carbocycles. The molecule has 0 aromatic heterocycles.